The summed E-state index contributed by atoms with van der Waals surface area (Å²) in [6, 6.07) is 0. The molecule has 2 N–H and O–H groups in total. The van der Waals surface area contributed by atoms with Gasteiger partial charge in [-0.1, -0.05) is 76.8 Å². The van der Waals surface area contributed by atoms with Crippen molar-refractivity contribution in [3.05, 3.63) is 11.3 Å². The van der Waals surface area contributed by atoms with Crippen molar-refractivity contribution in [2.75, 3.05) is 5.73 Å². The molecule has 0 fully saturated rings. The van der Waals surface area contributed by atoms with E-state index in [4.69, 9.17) is 10.3 Å². The number of rotatable bonds is 12. The highest BCUT2D eigenvalue weighted by molar-refractivity contribution is 5.40. The molecule has 1 aromatic heterocycles. The number of nitrogens with zero attached hydrogens (tertiary/aromatic N) is 1. The molecule has 0 spiro atoms. The molecule has 0 aromatic carbocycles. The maximum Gasteiger partial charge on any atom is 0.170 e. The van der Waals surface area contributed by atoms with Crippen molar-refractivity contribution in [3.8, 4) is 0 Å². The Balaban J connectivity index is 2.06. The van der Waals surface area contributed by atoms with Crippen LogP contribution < -0.4 is 5.73 Å². The highest BCUT2D eigenvalue weighted by Gasteiger charge is 2.12. The molecule has 0 saturated carbocycles. The van der Waals surface area contributed by atoms with E-state index in [-0.39, 0.29) is 0 Å². The quantitative estimate of drug-likeness (QED) is 0.530. The van der Waals surface area contributed by atoms with Crippen LogP contribution in [0.15, 0.2) is 4.52 Å². The van der Waals surface area contributed by atoms with Gasteiger partial charge in [0.1, 0.15) is 5.76 Å². The fourth-order valence-corrected chi connectivity index (χ4v) is 2.67. The predicted octanol–water partition coefficient (Wildman–Crippen LogP) is 5.28. The van der Waals surface area contributed by atoms with Crippen LogP contribution in [0.4, 0.5) is 5.82 Å². The van der Waals surface area contributed by atoms with Crippen LogP contribution in [0.1, 0.15) is 89.4 Å². The molecular weight excluding hydrogens is 248 g/mol. The Hall–Kier alpha value is -0.990. The molecule has 20 heavy (non-hydrogen) atoms. The van der Waals surface area contributed by atoms with Crippen LogP contribution >= 0.6 is 0 Å². The lowest BCUT2D eigenvalue weighted by Crippen LogP contribution is -1.95. The number of nitrogen functional groups attached to an aromatic ring is 1. The second kappa shape index (κ2) is 10.8. The van der Waals surface area contributed by atoms with Gasteiger partial charge in [-0.25, -0.2) is 0 Å². The molecule has 3 nitrogen and oxygen atoms in total. The number of aromatic nitrogens is 1. The van der Waals surface area contributed by atoms with Crippen molar-refractivity contribution in [3.63, 3.8) is 0 Å². The first-order valence-corrected chi connectivity index (χ1v) is 8.52. The van der Waals surface area contributed by atoms with Gasteiger partial charge in [-0.15, -0.1) is 0 Å². The minimum absolute atomic E-state index is 0.595. The van der Waals surface area contributed by atoms with Crippen LogP contribution in [0.25, 0.3) is 0 Å². The molecule has 1 rings (SSSR count). The fourth-order valence-electron chi connectivity index (χ4n) is 2.67. The lowest BCUT2D eigenvalue weighted by Gasteiger charge is -2.02. The Bertz CT molecular complexity index is 347. The Labute approximate surface area is 124 Å². The van der Waals surface area contributed by atoms with E-state index in [0.29, 0.717) is 5.82 Å². The van der Waals surface area contributed by atoms with Crippen molar-refractivity contribution >= 4 is 5.82 Å². The molecule has 0 bridgehead atoms. The Morgan fingerprint density at radius 1 is 0.800 bits per heavy atom. The van der Waals surface area contributed by atoms with Crippen molar-refractivity contribution in [2.45, 2.75) is 90.9 Å². The normalized spacial score (nSPS) is 11.1. The van der Waals surface area contributed by atoms with Gasteiger partial charge in [-0.05, 0) is 12.8 Å². The van der Waals surface area contributed by atoms with Crippen LogP contribution in [0.5, 0.6) is 0 Å². The van der Waals surface area contributed by atoms with Gasteiger partial charge in [0.05, 0.1) is 0 Å². The molecule has 116 valence electrons. The highest BCUT2D eigenvalue weighted by atomic mass is 16.5. The predicted molar refractivity (Wildman–Crippen MR) is 85.8 cm³/mol. The second-order valence-electron chi connectivity index (χ2n) is 5.80. The van der Waals surface area contributed by atoms with E-state index in [1.807, 2.05) is 0 Å². The summed E-state index contributed by atoms with van der Waals surface area (Å²) in [7, 11) is 0. The maximum atomic E-state index is 5.83. The van der Waals surface area contributed by atoms with Gasteiger partial charge >= 0.3 is 0 Å². The molecule has 0 aliphatic carbocycles. The van der Waals surface area contributed by atoms with Gasteiger partial charge in [0, 0.05) is 12.0 Å². The Kier molecular flexibility index (Phi) is 9.18. The van der Waals surface area contributed by atoms with Crippen LogP contribution in [-0.2, 0) is 12.8 Å². The number of nitrogens with two attached hydrogens (primary N) is 1. The molecule has 0 aliphatic rings. The lowest BCUT2D eigenvalue weighted by molar-refractivity contribution is 0.379. The van der Waals surface area contributed by atoms with E-state index in [0.717, 1.165) is 30.6 Å². The summed E-state index contributed by atoms with van der Waals surface area (Å²) >= 11 is 0. The third-order valence-electron chi connectivity index (χ3n) is 3.91. The monoisotopic (exact) mass is 280 g/mol. The van der Waals surface area contributed by atoms with Crippen molar-refractivity contribution in [1.29, 1.82) is 0 Å². The van der Waals surface area contributed by atoms with Gasteiger partial charge in [0.25, 0.3) is 0 Å². The average molecular weight is 280 g/mol. The lowest BCUT2D eigenvalue weighted by atomic mass is 10.0. The van der Waals surface area contributed by atoms with Gasteiger partial charge in [0.15, 0.2) is 5.82 Å². The largest absolute Gasteiger partial charge is 0.381 e. The minimum Gasteiger partial charge on any atom is -0.381 e. The number of anilines is 1. The molecule has 0 saturated heterocycles. The third-order valence-corrected chi connectivity index (χ3v) is 3.91. The zero-order valence-electron chi connectivity index (χ0n) is 13.4. The second-order valence-corrected chi connectivity index (χ2v) is 5.80. The molecular formula is C17H32N2O. The average Bonchev–Trinajstić information content (AvgIpc) is 2.79. The Morgan fingerprint density at radius 2 is 1.40 bits per heavy atom. The summed E-state index contributed by atoms with van der Waals surface area (Å²) < 4.78 is 5.34. The molecule has 1 aromatic rings. The standard InChI is InChI=1S/C17H32N2O/c1-3-5-6-7-8-9-10-11-12-14-16-15(13-4-2)17(18)19-20-16/h3-14H2,1-2H3,(H2,18,19). The highest BCUT2D eigenvalue weighted by Crippen LogP contribution is 2.20. The van der Waals surface area contributed by atoms with E-state index >= 15 is 0 Å². The zero-order valence-corrected chi connectivity index (χ0v) is 13.4. The number of hydrogen-bond acceptors (Lipinski definition) is 3. The number of hydrogen-bond donors (Lipinski definition) is 1. The van der Waals surface area contributed by atoms with Gasteiger partial charge < -0.3 is 10.3 Å². The number of unbranched alkanes of at least 4 members (excludes halogenated alkanes) is 8. The summed E-state index contributed by atoms with van der Waals surface area (Å²) in [4.78, 5) is 0. The number of aryl methyl sites for hydroxylation is 1. The van der Waals surface area contributed by atoms with Crippen LogP contribution in [0.2, 0.25) is 0 Å². The van der Waals surface area contributed by atoms with Crippen molar-refractivity contribution in [1.82, 2.24) is 5.16 Å². The van der Waals surface area contributed by atoms with Gasteiger partial charge in [0.2, 0.25) is 0 Å². The third kappa shape index (κ3) is 6.44. The minimum atomic E-state index is 0.595. The first-order chi connectivity index (χ1) is 9.79. The van der Waals surface area contributed by atoms with E-state index in [1.54, 1.807) is 0 Å². The molecule has 0 unspecified atom stereocenters. The first-order valence-electron chi connectivity index (χ1n) is 8.52. The fraction of sp³-hybridized carbons (Fsp3) is 0.824. The summed E-state index contributed by atoms with van der Waals surface area (Å²) in [5.41, 5.74) is 6.98. The summed E-state index contributed by atoms with van der Waals surface area (Å²) in [6.07, 6.45) is 15.2. The summed E-state index contributed by atoms with van der Waals surface area (Å²) in [6.45, 7) is 4.43. The van der Waals surface area contributed by atoms with E-state index in [1.165, 1.54) is 57.8 Å². The molecule has 0 aliphatic heterocycles. The Morgan fingerprint density at radius 3 is 2.00 bits per heavy atom. The van der Waals surface area contributed by atoms with Crippen molar-refractivity contribution < 1.29 is 4.52 Å². The summed E-state index contributed by atoms with van der Waals surface area (Å²) in [5.74, 6) is 1.62. The molecule has 0 amide bonds. The van der Waals surface area contributed by atoms with Crippen LogP contribution in [-0.4, -0.2) is 5.16 Å². The zero-order chi connectivity index (χ0) is 14.6. The van der Waals surface area contributed by atoms with Crippen molar-refractivity contribution in [2.24, 2.45) is 0 Å². The summed E-state index contributed by atoms with van der Waals surface area (Å²) in [5, 5.41) is 3.89. The van der Waals surface area contributed by atoms with Crippen LogP contribution in [0.3, 0.4) is 0 Å². The van der Waals surface area contributed by atoms with E-state index in [9.17, 15) is 0 Å². The molecule has 3 heteroatoms. The topological polar surface area (TPSA) is 52.0 Å². The van der Waals surface area contributed by atoms with E-state index < -0.39 is 0 Å². The molecule has 0 radical (unpaired) electrons. The molecule has 1 heterocycles. The van der Waals surface area contributed by atoms with E-state index in [2.05, 4.69) is 19.0 Å². The SMILES string of the molecule is CCCCCCCCCCCc1onc(N)c1CCC. The van der Waals surface area contributed by atoms with Crippen LogP contribution in [0, 0.1) is 0 Å². The maximum absolute atomic E-state index is 5.83. The van der Waals surface area contributed by atoms with Gasteiger partial charge in [-0.2, -0.15) is 0 Å². The van der Waals surface area contributed by atoms with Gasteiger partial charge in [-0.3, -0.25) is 0 Å². The molecule has 0 atom stereocenters. The smallest absolute Gasteiger partial charge is 0.170 e. The first kappa shape index (κ1) is 17.1.